The van der Waals surface area contributed by atoms with Crippen molar-refractivity contribution in [2.45, 2.75) is 24.9 Å². The lowest BCUT2D eigenvalue weighted by atomic mass is 10.2. The molecule has 0 unspecified atom stereocenters. The van der Waals surface area contributed by atoms with E-state index >= 15 is 0 Å². The number of halogens is 3. The zero-order valence-corrected chi connectivity index (χ0v) is 19.2. The van der Waals surface area contributed by atoms with Crippen molar-refractivity contribution in [2.24, 2.45) is 0 Å². The number of alkyl halides is 3. The maximum absolute atomic E-state index is 12.7. The molecule has 0 saturated carbocycles. The number of benzene rings is 2. The van der Waals surface area contributed by atoms with Gasteiger partial charge in [0.25, 0.3) is 5.91 Å². The Balaban J connectivity index is 1.70. The van der Waals surface area contributed by atoms with Crippen LogP contribution in [-0.4, -0.2) is 38.6 Å². The van der Waals surface area contributed by atoms with E-state index in [0.29, 0.717) is 22.2 Å². The Morgan fingerprint density at radius 2 is 1.73 bits per heavy atom. The molecular weight excluding hydrogens is 479 g/mol. The number of rotatable bonds is 8. The molecule has 33 heavy (non-hydrogen) atoms. The van der Waals surface area contributed by atoms with Gasteiger partial charge in [-0.2, -0.15) is 13.2 Å². The van der Waals surface area contributed by atoms with Crippen LogP contribution >= 0.6 is 11.3 Å². The van der Waals surface area contributed by atoms with E-state index in [-0.39, 0.29) is 10.6 Å². The van der Waals surface area contributed by atoms with Crippen LogP contribution in [0.3, 0.4) is 0 Å². The second kappa shape index (κ2) is 9.89. The summed E-state index contributed by atoms with van der Waals surface area (Å²) in [5.74, 6) is 0.291. The Kier molecular flexibility index (Phi) is 7.40. The second-order valence-electron chi connectivity index (χ2n) is 6.81. The van der Waals surface area contributed by atoms with Crippen molar-refractivity contribution >= 4 is 33.0 Å². The third kappa shape index (κ3) is 6.53. The summed E-state index contributed by atoms with van der Waals surface area (Å²) in [4.78, 5) is 17.2. The van der Waals surface area contributed by atoms with Gasteiger partial charge in [0, 0.05) is 11.3 Å². The lowest BCUT2D eigenvalue weighted by Gasteiger charge is -2.10. The average molecular weight is 500 g/mol. The minimum Gasteiger partial charge on any atom is -0.494 e. The first kappa shape index (κ1) is 24.7. The van der Waals surface area contributed by atoms with E-state index in [1.54, 1.807) is 6.92 Å². The highest BCUT2D eigenvalue weighted by atomic mass is 32.2. The number of carbonyl (C=O) groups is 1. The molecule has 0 spiro atoms. The van der Waals surface area contributed by atoms with Crippen LogP contribution in [0.2, 0.25) is 0 Å². The number of nitrogens with one attached hydrogen (secondary N) is 2. The van der Waals surface area contributed by atoms with Crippen molar-refractivity contribution in [2.75, 3.05) is 18.5 Å². The van der Waals surface area contributed by atoms with Crippen molar-refractivity contribution in [3.8, 4) is 16.3 Å². The molecule has 1 amide bonds. The number of ether oxygens (including phenoxy) is 1. The van der Waals surface area contributed by atoms with E-state index in [0.717, 1.165) is 23.4 Å². The Labute approximate surface area is 192 Å². The summed E-state index contributed by atoms with van der Waals surface area (Å²) < 4.78 is 67.7. The summed E-state index contributed by atoms with van der Waals surface area (Å²) >= 11 is 1.20. The number of hydrogen-bond acceptors (Lipinski definition) is 6. The molecule has 2 aromatic carbocycles. The Morgan fingerprint density at radius 1 is 1.09 bits per heavy atom. The number of anilines is 1. The second-order valence-corrected chi connectivity index (χ2v) is 9.58. The van der Waals surface area contributed by atoms with Gasteiger partial charge in [0.2, 0.25) is 10.0 Å². The average Bonchev–Trinajstić information content (AvgIpc) is 3.15. The first-order chi connectivity index (χ1) is 15.5. The highest BCUT2D eigenvalue weighted by Crippen LogP contribution is 2.30. The molecule has 0 aliphatic rings. The van der Waals surface area contributed by atoms with E-state index in [1.165, 1.54) is 28.2 Å². The largest absolute Gasteiger partial charge is 0.494 e. The van der Waals surface area contributed by atoms with Crippen molar-refractivity contribution < 1.29 is 31.1 Å². The molecule has 0 bridgehead atoms. The summed E-state index contributed by atoms with van der Waals surface area (Å²) in [5.41, 5.74) is 1.63. The third-order valence-electron chi connectivity index (χ3n) is 4.30. The van der Waals surface area contributed by atoms with Gasteiger partial charge in [0.1, 0.15) is 22.2 Å². The van der Waals surface area contributed by atoms with E-state index in [4.69, 9.17) is 4.74 Å². The highest BCUT2D eigenvalue weighted by molar-refractivity contribution is 7.89. The molecule has 3 rings (SSSR count). The molecule has 7 nitrogen and oxygen atoms in total. The van der Waals surface area contributed by atoms with Crippen LogP contribution < -0.4 is 14.8 Å². The van der Waals surface area contributed by atoms with Crippen LogP contribution in [0.15, 0.2) is 53.4 Å². The van der Waals surface area contributed by atoms with Crippen LogP contribution in [0.4, 0.5) is 18.9 Å². The van der Waals surface area contributed by atoms with E-state index in [1.807, 2.05) is 31.2 Å². The van der Waals surface area contributed by atoms with Gasteiger partial charge in [-0.3, -0.25) is 4.79 Å². The monoisotopic (exact) mass is 499 g/mol. The quantitative estimate of drug-likeness (QED) is 0.472. The summed E-state index contributed by atoms with van der Waals surface area (Å²) in [6.07, 6.45) is -4.67. The topological polar surface area (TPSA) is 97.4 Å². The number of sulfonamides is 1. The maximum Gasteiger partial charge on any atom is 0.402 e. The molecule has 1 aromatic heterocycles. The van der Waals surface area contributed by atoms with Crippen LogP contribution in [-0.2, 0) is 10.0 Å². The Hall–Kier alpha value is -2.96. The van der Waals surface area contributed by atoms with Gasteiger partial charge in [0.15, 0.2) is 0 Å². The number of aryl methyl sites for hydroxylation is 1. The standard InChI is InChI=1S/C21H20F3N3O4S2/c1-3-31-16-8-4-14(5-9-16)20-26-13(2)18(32-20)19(28)27-15-6-10-17(11-7-15)33(29,30)25-12-21(22,23)24/h4-11,25H,3,12H2,1-2H3,(H,27,28). The zero-order chi connectivity index (χ0) is 24.2. The number of amides is 1. The van der Waals surface area contributed by atoms with E-state index < -0.39 is 28.7 Å². The fourth-order valence-electron chi connectivity index (χ4n) is 2.76. The van der Waals surface area contributed by atoms with Crippen LogP contribution in [0, 0.1) is 6.92 Å². The summed E-state index contributed by atoms with van der Waals surface area (Å²) in [6, 6.07) is 12.1. The molecule has 1 heterocycles. The SMILES string of the molecule is CCOc1ccc(-c2nc(C)c(C(=O)Nc3ccc(S(=O)(=O)NCC(F)(F)F)cc3)s2)cc1. The predicted molar refractivity (Wildman–Crippen MR) is 119 cm³/mol. The van der Waals surface area contributed by atoms with Crippen LogP contribution in [0.25, 0.3) is 10.6 Å². The lowest BCUT2D eigenvalue weighted by Crippen LogP contribution is -2.33. The van der Waals surface area contributed by atoms with Gasteiger partial charge < -0.3 is 10.1 Å². The molecular formula is C21H20F3N3O4S2. The van der Waals surface area contributed by atoms with Gasteiger partial charge in [-0.05, 0) is 62.4 Å². The highest BCUT2D eigenvalue weighted by Gasteiger charge is 2.30. The third-order valence-corrected chi connectivity index (χ3v) is 6.92. The van der Waals surface area contributed by atoms with Crippen LogP contribution in [0.5, 0.6) is 5.75 Å². The summed E-state index contributed by atoms with van der Waals surface area (Å²) in [7, 11) is -4.33. The molecule has 2 N–H and O–H groups in total. The molecule has 0 aliphatic heterocycles. The number of nitrogens with zero attached hydrogens (tertiary/aromatic N) is 1. The minimum atomic E-state index is -4.67. The first-order valence-electron chi connectivity index (χ1n) is 9.67. The first-order valence-corrected chi connectivity index (χ1v) is 12.0. The van der Waals surface area contributed by atoms with Crippen molar-refractivity contribution in [1.29, 1.82) is 0 Å². The molecule has 176 valence electrons. The number of thiazole rings is 1. The number of carbonyl (C=O) groups excluding carboxylic acids is 1. The molecule has 0 saturated heterocycles. The number of aromatic nitrogens is 1. The molecule has 0 fully saturated rings. The molecule has 0 aliphatic carbocycles. The lowest BCUT2D eigenvalue weighted by molar-refractivity contribution is -0.121. The minimum absolute atomic E-state index is 0.283. The van der Waals surface area contributed by atoms with Crippen molar-refractivity contribution in [3.05, 3.63) is 59.1 Å². The van der Waals surface area contributed by atoms with E-state index in [9.17, 15) is 26.4 Å². The van der Waals surface area contributed by atoms with Crippen molar-refractivity contribution in [3.63, 3.8) is 0 Å². The predicted octanol–water partition coefficient (Wildman–Crippen LogP) is 4.61. The normalized spacial score (nSPS) is 11.9. The van der Waals surface area contributed by atoms with Gasteiger partial charge in [-0.15, -0.1) is 11.3 Å². The van der Waals surface area contributed by atoms with Crippen molar-refractivity contribution in [1.82, 2.24) is 9.71 Å². The fourth-order valence-corrected chi connectivity index (χ4v) is 4.74. The maximum atomic E-state index is 12.7. The van der Waals surface area contributed by atoms with Gasteiger partial charge in [-0.1, -0.05) is 0 Å². The van der Waals surface area contributed by atoms with Gasteiger partial charge >= 0.3 is 6.18 Å². The molecule has 0 radical (unpaired) electrons. The summed E-state index contributed by atoms with van der Waals surface area (Å²) in [5, 5.41) is 3.29. The van der Waals surface area contributed by atoms with Gasteiger partial charge in [0.05, 0.1) is 17.2 Å². The number of hydrogen-bond donors (Lipinski definition) is 2. The smallest absolute Gasteiger partial charge is 0.402 e. The molecule has 12 heteroatoms. The van der Waals surface area contributed by atoms with E-state index in [2.05, 4.69) is 10.3 Å². The van der Waals surface area contributed by atoms with Gasteiger partial charge in [-0.25, -0.2) is 18.1 Å². The fraction of sp³-hybridized carbons (Fsp3) is 0.238. The molecule has 0 atom stereocenters. The Bertz CT molecular complexity index is 1220. The zero-order valence-electron chi connectivity index (χ0n) is 17.6. The van der Waals surface area contributed by atoms with Crippen LogP contribution in [0.1, 0.15) is 22.3 Å². The Morgan fingerprint density at radius 3 is 2.30 bits per heavy atom. The molecule has 3 aromatic rings. The summed E-state index contributed by atoms with van der Waals surface area (Å²) in [6.45, 7) is 2.47.